The Morgan fingerprint density at radius 2 is 1.41 bits per heavy atom. The van der Waals surface area contributed by atoms with Crippen LogP contribution in [-0.2, 0) is 25.5 Å². The number of rotatable bonds is 14. The van der Waals surface area contributed by atoms with Crippen molar-refractivity contribution in [1.29, 1.82) is 0 Å². The number of unbranched alkanes of at least 4 members (excludes halogenated alkanes) is 2. The van der Waals surface area contributed by atoms with Crippen LogP contribution in [0.4, 0.5) is 0 Å². The molecule has 0 N–H and O–H groups in total. The molecular weight excluding hydrogens is 364 g/mol. The number of esters is 2. The standard InChI is InChI=1S/C25H40O4/c1-6-9-16-28-23(26)25(19-20(4)5,24(27)29-17-10-7-2)22(8-3)18-21-14-12-11-13-15-21/h11-15,20,22H,6-10,16-19H2,1-5H3. The van der Waals surface area contributed by atoms with Crippen LogP contribution in [0, 0.1) is 17.3 Å². The Morgan fingerprint density at radius 3 is 1.83 bits per heavy atom. The molecule has 0 spiro atoms. The number of hydrogen-bond acceptors (Lipinski definition) is 4. The van der Waals surface area contributed by atoms with Gasteiger partial charge in [-0.2, -0.15) is 0 Å². The minimum Gasteiger partial charge on any atom is -0.465 e. The van der Waals surface area contributed by atoms with Gasteiger partial charge in [0.2, 0.25) is 0 Å². The molecule has 1 aromatic rings. The summed E-state index contributed by atoms with van der Waals surface area (Å²) in [5.41, 5.74) is -0.143. The summed E-state index contributed by atoms with van der Waals surface area (Å²) in [6.45, 7) is 10.9. The minimum atomic E-state index is -1.26. The van der Waals surface area contributed by atoms with E-state index in [0.717, 1.165) is 31.2 Å². The molecule has 1 atom stereocenters. The van der Waals surface area contributed by atoms with Crippen LogP contribution in [0.15, 0.2) is 30.3 Å². The summed E-state index contributed by atoms with van der Waals surface area (Å²) in [4.78, 5) is 26.8. The number of carbonyl (C=O) groups excluding carboxylic acids is 2. The molecule has 0 radical (unpaired) electrons. The summed E-state index contributed by atoms with van der Waals surface area (Å²) >= 11 is 0. The summed E-state index contributed by atoms with van der Waals surface area (Å²) in [5, 5.41) is 0. The molecule has 0 aliphatic rings. The lowest BCUT2D eigenvalue weighted by atomic mass is 9.67. The van der Waals surface area contributed by atoms with E-state index in [0.29, 0.717) is 32.5 Å². The van der Waals surface area contributed by atoms with Crippen molar-refractivity contribution in [2.75, 3.05) is 13.2 Å². The van der Waals surface area contributed by atoms with Crippen LogP contribution in [-0.4, -0.2) is 25.2 Å². The van der Waals surface area contributed by atoms with Gasteiger partial charge in [0, 0.05) is 0 Å². The van der Waals surface area contributed by atoms with E-state index in [9.17, 15) is 9.59 Å². The molecule has 0 saturated carbocycles. The van der Waals surface area contributed by atoms with Gasteiger partial charge in [-0.3, -0.25) is 9.59 Å². The molecular formula is C25H40O4. The highest BCUT2D eigenvalue weighted by Crippen LogP contribution is 2.42. The second kappa shape index (κ2) is 13.4. The number of benzene rings is 1. The van der Waals surface area contributed by atoms with Gasteiger partial charge in [0.05, 0.1) is 13.2 Å². The van der Waals surface area contributed by atoms with E-state index >= 15 is 0 Å². The highest BCUT2D eigenvalue weighted by atomic mass is 16.6. The number of ether oxygens (including phenoxy) is 2. The quantitative estimate of drug-likeness (QED) is 0.218. The second-order valence-electron chi connectivity index (χ2n) is 8.34. The van der Waals surface area contributed by atoms with Crippen LogP contribution in [0.5, 0.6) is 0 Å². The zero-order chi connectivity index (χ0) is 21.7. The lowest BCUT2D eigenvalue weighted by Gasteiger charge is -2.37. The Balaban J connectivity index is 3.30. The molecule has 29 heavy (non-hydrogen) atoms. The average Bonchev–Trinajstić information content (AvgIpc) is 2.71. The Labute approximate surface area is 177 Å². The fourth-order valence-electron chi connectivity index (χ4n) is 3.84. The van der Waals surface area contributed by atoms with E-state index in [2.05, 4.69) is 13.8 Å². The zero-order valence-electron chi connectivity index (χ0n) is 19.0. The molecule has 4 nitrogen and oxygen atoms in total. The molecule has 1 rings (SSSR count). The maximum Gasteiger partial charge on any atom is 0.323 e. The van der Waals surface area contributed by atoms with Crippen LogP contribution in [0.25, 0.3) is 0 Å². The molecule has 1 unspecified atom stereocenters. The predicted molar refractivity (Wildman–Crippen MR) is 118 cm³/mol. The maximum absolute atomic E-state index is 13.4. The summed E-state index contributed by atoms with van der Waals surface area (Å²) < 4.78 is 11.3. The SMILES string of the molecule is CCCCOC(=O)C(CC(C)C)(C(=O)OCCCC)C(CC)Cc1ccccc1. The second-order valence-corrected chi connectivity index (χ2v) is 8.34. The first-order valence-corrected chi connectivity index (χ1v) is 11.3. The van der Waals surface area contributed by atoms with Crippen LogP contribution in [0.2, 0.25) is 0 Å². The molecule has 0 aliphatic carbocycles. The Morgan fingerprint density at radius 1 is 0.897 bits per heavy atom. The van der Waals surface area contributed by atoms with Gasteiger partial charge in [0.1, 0.15) is 0 Å². The van der Waals surface area contributed by atoms with Crippen LogP contribution >= 0.6 is 0 Å². The molecule has 4 heteroatoms. The first-order valence-electron chi connectivity index (χ1n) is 11.3. The smallest absolute Gasteiger partial charge is 0.323 e. The largest absolute Gasteiger partial charge is 0.465 e. The molecule has 164 valence electrons. The van der Waals surface area contributed by atoms with Crippen molar-refractivity contribution in [2.45, 2.75) is 79.6 Å². The van der Waals surface area contributed by atoms with Crippen molar-refractivity contribution < 1.29 is 19.1 Å². The average molecular weight is 405 g/mol. The summed E-state index contributed by atoms with van der Waals surface area (Å²) in [5.74, 6) is -0.833. The molecule has 0 fully saturated rings. The first kappa shape index (κ1) is 25.2. The van der Waals surface area contributed by atoms with Gasteiger partial charge in [-0.15, -0.1) is 0 Å². The van der Waals surface area contributed by atoms with Gasteiger partial charge in [0.15, 0.2) is 5.41 Å². The van der Waals surface area contributed by atoms with Crippen molar-refractivity contribution in [1.82, 2.24) is 0 Å². The van der Waals surface area contributed by atoms with Crippen LogP contribution in [0.1, 0.15) is 78.7 Å². The van der Waals surface area contributed by atoms with E-state index in [4.69, 9.17) is 9.47 Å². The third kappa shape index (κ3) is 7.49. The molecule has 0 saturated heterocycles. The zero-order valence-corrected chi connectivity index (χ0v) is 19.0. The molecule has 0 heterocycles. The molecule has 0 aromatic heterocycles. The first-order chi connectivity index (χ1) is 13.9. The monoisotopic (exact) mass is 404 g/mol. The van der Waals surface area contributed by atoms with Crippen LogP contribution in [0.3, 0.4) is 0 Å². The van der Waals surface area contributed by atoms with Gasteiger partial charge >= 0.3 is 11.9 Å². The highest BCUT2D eigenvalue weighted by Gasteiger charge is 2.54. The molecule has 0 amide bonds. The van der Waals surface area contributed by atoms with Crippen molar-refractivity contribution in [3.8, 4) is 0 Å². The fraction of sp³-hybridized carbons (Fsp3) is 0.680. The Bertz CT molecular complexity index is 572. The third-order valence-electron chi connectivity index (χ3n) is 5.44. The number of hydrogen-bond donors (Lipinski definition) is 0. The van der Waals surface area contributed by atoms with Gasteiger partial charge < -0.3 is 9.47 Å². The third-order valence-corrected chi connectivity index (χ3v) is 5.44. The summed E-state index contributed by atoms with van der Waals surface area (Å²) in [7, 11) is 0. The van der Waals surface area contributed by atoms with E-state index < -0.39 is 17.4 Å². The topological polar surface area (TPSA) is 52.6 Å². The van der Waals surface area contributed by atoms with Gasteiger partial charge in [-0.05, 0) is 43.1 Å². The molecule has 0 aliphatic heterocycles. The Hall–Kier alpha value is -1.84. The van der Waals surface area contributed by atoms with Crippen molar-refractivity contribution in [3.63, 3.8) is 0 Å². The highest BCUT2D eigenvalue weighted by molar-refractivity contribution is 6.00. The van der Waals surface area contributed by atoms with Gasteiger partial charge in [-0.1, -0.05) is 84.2 Å². The molecule has 0 bridgehead atoms. The van der Waals surface area contributed by atoms with E-state index in [1.807, 2.05) is 51.1 Å². The summed E-state index contributed by atoms with van der Waals surface area (Å²) in [6, 6.07) is 10.1. The minimum absolute atomic E-state index is 0.164. The molecule has 1 aromatic carbocycles. The van der Waals surface area contributed by atoms with E-state index in [-0.39, 0.29) is 11.8 Å². The van der Waals surface area contributed by atoms with Crippen molar-refractivity contribution >= 4 is 11.9 Å². The lowest BCUT2D eigenvalue weighted by molar-refractivity contribution is -0.179. The van der Waals surface area contributed by atoms with Gasteiger partial charge in [-0.25, -0.2) is 0 Å². The normalized spacial score (nSPS) is 12.6. The number of carbonyl (C=O) groups is 2. The maximum atomic E-state index is 13.4. The lowest BCUT2D eigenvalue weighted by Crippen LogP contribution is -2.49. The van der Waals surface area contributed by atoms with E-state index in [1.165, 1.54) is 0 Å². The predicted octanol–water partition coefficient (Wildman–Crippen LogP) is 5.97. The van der Waals surface area contributed by atoms with Crippen molar-refractivity contribution in [2.24, 2.45) is 17.3 Å². The fourth-order valence-corrected chi connectivity index (χ4v) is 3.84. The van der Waals surface area contributed by atoms with Crippen molar-refractivity contribution in [3.05, 3.63) is 35.9 Å². The summed E-state index contributed by atoms with van der Waals surface area (Å²) in [6.07, 6.45) is 5.25. The Kier molecular flexibility index (Phi) is 11.6. The van der Waals surface area contributed by atoms with Gasteiger partial charge in [0.25, 0.3) is 0 Å². The van der Waals surface area contributed by atoms with Crippen LogP contribution < -0.4 is 0 Å². The van der Waals surface area contributed by atoms with E-state index in [1.54, 1.807) is 0 Å².